The summed E-state index contributed by atoms with van der Waals surface area (Å²) in [6.07, 6.45) is 5.96. The van der Waals surface area contributed by atoms with Gasteiger partial charge in [0.25, 0.3) is 0 Å². The Morgan fingerprint density at radius 3 is 2.88 bits per heavy atom. The second-order valence-corrected chi connectivity index (χ2v) is 5.82. The van der Waals surface area contributed by atoms with E-state index in [1.807, 2.05) is 19.1 Å². The van der Waals surface area contributed by atoms with Crippen LogP contribution in [-0.2, 0) is 4.79 Å². The van der Waals surface area contributed by atoms with Crippen LogP contribution in [0.4, 0.5) is 0 Å². The second kappa shape index (κ2) is 4.66. The molecule has 2 aliphatic rings. The standard InChI is InChI=1S/C12H16N2O2S/c1-7-13-9-6-8(4-5-10(9)17-7)11(12(15)16)14(2)3/h4-6,9-11H,1-3H3,(H,15,16). The van der Waals surface area contributed by atoms with Crippen LogP contribution in [0.3, 0.4) is 0 Å². The summed E-state index contributed by atoms with van der Waals surface area (Å²) >= 11 is 1.74. The Kier molecular flexibility index (Phi) is 3.40. The number of carboxylic acids is 1. The SMILES string of the molecule is CC1=NC2C=C(C(C(=O)O)N(C)C)C=CC2S1. The van der Waals surface area contributed by atoms with Crippen LogP contribution in [0.2, 0.25) is 0 Å². The zero-order chi connectivity index (χ0) is 12.6. The molecule has 3 unspecified atom stereocenters. The number of hydrogen-bond acceptors (Lipinski definition) is 4. The van der Waals surface area contributed by atoms with E-state index >= 15 is 0 Å². The van der Waals surface area contributed by atoms with Gasteiger partial charge in [-0.15, -0.1) is 11.8 Å². The highest BCUT2D eigenvalue weighted by Crippen LogP contribution is 2.33. The van der Waals surface area contributed by atoms with Crippen molar-refractivity contribution in [3.05, 3.63) is 23.8 Å². The van der Waals surface area contributed by atoms with Crippen molar-refractivity contribution in [2.24, 2.45) is 4.99 Å². The van der Waals surface area contributed by atoms with E-state index in [4.69, 9.17) is 0 Å². The van der Waals surface area contributed by atoms with E-state index in [-0.39, 0.29) is 6.04 Å². The summed E-state index contributed by atoms with van der Waals surface area (Å²) < 4.78 is 0. The number of aliphatic carboxylic acids is 1. The summed E-state index contributed by atoms with van der Waals surface area (Å²) in [5, 5.41) is 10.6. The monoisotopic (exact) mass is 252 g/mol. The van der Waals surface area contributed by atoms with Gasteiger partial charge in [0, 0.05) is 0 Å². The molecule has 1 aliphatic carbocycles. The highest BCUT2D eigenvalue weighted by Gasteiger charge is 2.31. The van der Waals surface area contributed by atoms with Gasteiger partial charge in [-0.1, -0.05) is 18.2 Å². The van der Waals surface area contributed by atoms with Crippen LogP contribution < -0.4 is 0 Å². The van der Waals surface area contributed by atoms with Crippen molar-refractivity contribution in [2.75, 3.05) is 14.1 Å². The first-order chi connectivity index (χ1) is 7.99. The number of likely N-dealkylation sites (N-methyl/N-ethyl adjacent to an activating group) is 1. The number of hydrogen-bond donors (Lipinski definition) is 1. The number of rotatable bonds is 3. The lowest BCUT2D eigenvalue weighted by Crippen LogP contribution is -2.38. The van der Waals surface area contributed by atoms with Gasteiger partial charge >= 0.3 is 5.97 Å². The van der Waals surface area contributed by atoms with Crippen molar-refractivity contribution in [3.8, 4) is 0 Å². The quantitative estimate of drug-likeness (QED) is 0.825. The average Bonchev–Trinajstić information content (AvgIpc) is 2.56. The van der Waals surface area contributed by atoms with Gasteiger partial charge in [-0.2, -0.15) is 0 Å². The lowest BCUT2D eigenvalue weighted by Gasteiger charge is -2.25. The topological polar surface area (TPSA) is 52.9 Å². The van der Waals surface area contributed by atoms with Gasteiger partial charge in [0.05, 0.1) is 16.3 Å². The third-order valence-electron chi connectivity index (χ3n) is 2.88. The first-order valence-corrected chi connectivity index (χ1v) is 6.37. The Morgan fingerprint density at radius 1 is 1.59 bits per heavy atom. The normalized spacial score (nSPS) is 28.7. The lowest BCUT2D eigenvalue weighted by atomic mass is 9.96. The van der Waals surface area contributed by atoms with Crippen LogP contribution in [0.25, 0.3) is 0 Å². The van der Waals surface area contributed by atoms with E-state index in [2.05, 4.69) is 11.1 Å². The Hall–Kier alpha value is -1.07. The maximum Gasteiger partial charge on any atom is 0.325 e. The van der Waals surface area contributed by atoms with E-state index in [0.717, 1.165) is 10.6 Å². The Labute approximate surface area is 105 Å². The number of aliphatic imine (C=N–C) groups is 1. The Balaban J connectivity index is 2.25. The van der Waals surface area contributed by atoms with Gasteiger partial charge in [-0.05, 0) is 26.6 Å². The molecule has 3 atom stereocenters. The molecule has 0 aromatic rings. The Bertz CT molecular complexity index is 426. The van der Waals surface area contributed by atoms with Crippen LogP contribution in [0.15, 0.2) is 28.8 Å². The predicted molar refractivity (Wildman–Crippen MR) is 70.6 cm³/mol. The summed E-state index contributed by atoms with van der Waals surface area (Å²) in [5.74, 6) is -0.823. The lowest BCUT2D eigenvalue weighted by molar-refractivity contribution is -0.140. The summed E-state index contributed by atoms with van der Waals surface area (Å²) in [4.78, 5) is 17.4. The molecule has 0 aromatic heterocycles. The molecule has 0 bridgehead atoms. The van der Waals surface area contributed by atoms with Gasteiger partial charge in [0.15, 0.2) is 0 Å². The summed E-state index contributed by atoms with van der Waals surface area (Å²) in [5.41, 5.74) is 0.822. The molecule has 0 aromatic carbocycles. The van der Waals surface area contributed by atoms with Gasteiger partial charge in [-0.25, -0.2) is 0 Å². The van der Waals surface area contributed by atoms with Crippen molar-refractivity contribution in [1.29, 1.82) is 0 Å². The number of nitrogens with zero attached hydrogens (tertiary/aromatic N) is 2. The maximum atomic E-state index is 11.2. The van der Waals surface area contributed by atoms with Crippen molar-refractivity contribution in [1.82, 2.24) is 4.90 Å². The van der Waals surface area contributed by atoms with Crippen molar-refractivity contribution in [3.63, 3.8) is 0 Å². The largest absolute Gasteiger partial charge is 0.480 e. The molecule has 0 fully saturated rings. The summed E-state index contributed by atoms with van der Waals surface area (Å²) in [7, 11) is 3.55. The predicted octanol–water partition coefficient (Wildman–Crippen LogP) is 1.40. The fourth-order valence-electron chi connectivity index (χ4n) is 2.17. The maximum absolute atomic E-state index is 11.2. The molecular weight excluding hydrogens is 236 g/mol. The van der Waals surface area contributed by atoms with Crippen molar-refractivity contribution < 1.29 is 9.90 Å². The summed E-state index contributed by atoms with van der Waals surface area (Å²) in [6.45, 7) is 1.99. The molecule has 5 heteroatoms. The molecular formula is C12H16N2O2S. The van der Waals surface area contributed by atoms with E-state index in [1.54, 1.807) is 30.8 Å². The van der Waals surface area contributed by atoms with E-state index in [0.29, 0.717) is 5.25 Å². The molecule has 2 rings (SSSR count). The molecule has 17 heavy (non-hydrogen) atoms. The van der Waals surface area contributed by atoms with Gasteiger partial charge in [0.1, 0.15) is 6.04 Å². The third kappa shape index (κ3) is 2.45. The number of carboxylic acid groups (broad SMARTS) is 1. The highest BCUT2D eigenvalue weighted by molar-refractivity contribution is 8.14. The van der Waals surface area contributed by atoms with Crippen LogP contribution in [0.5, 0.6) is 0 Å². The zero-order valence-corrected chi connectivity index (χ0v) is 10.9. The van der Waals surface area contributed by atoms with E-state index < -0.39 is 12.0 Å². The molecule has 0 saturated heterocycles. The minimum absolute atomic E-state index is 0.0989. The van der Waals surface area contributed by atoms with Crippen molar-refractivity contribution in [2.45, 2.75) is 24.3 Å². The van der Waals surface area contributed by atoms with E-state index in [9.17, 15) is 9.90 Å². The molecule has 0 amide bonds. The summed E-state index contributed by atoms with van der Waals surface area (Å²) in [6, 6.07) is -0.491. The Morgan fingerprint density at radius 2 is 2.29 bits per heavy atom. The van der Waals surface area contributed by atoms with Crippen LogP contribution >= 0.6 is 11.8 Å². The van der Waals surface area contributed by atoms with Gasteiger partial charge in [0.2, 0.25) is 0 Å². The molecule has 1 aliphatic heterocycles. The minimum atomic E-state index is -0.823. The number of thioether (sulfide) groups is 1. The highest BCUT2D eigenvalue weighted by atomic mass is 32.2. The number of carbonyl (C=O) groups is 1. The van der Waals surface area contributed by atoms with Gasteiger partial charge < -0.3 is 5.11 Å². The fourth-order valence-corrected chi connectivity index (χ4v) is 3.18. The molecule has 1 N–H and O–H groups in total. The van der Waals surface area contributed by atoms with Gasteiger partial charge in [-0.3, -0.25) is 14.7 Å². The minimum Gasteiger partial charge on any atom is -0.480 e. The first kappa shape index (κ1) is 12.4. The molecule has 1 heterocycles. The van der Waals surface area contributed by atoms with Crippen LogP contribution in [0.1, 0.15) is 6.92 Å². The fraction of sp³-hybridized carbons (Fsp3) is 0.500. The molecule has 0 radical (unpaired) electrons. The molecule has 0 spiro atoms. The second-order valence-electron chi connectivity index (χ2n) is 4.45. The zero-order valence-electron chi connectivity index (χ0n) is 10.1. The van der Waals surface area contributed by atoms with E-state index in [1.165, 1.54) is 0 Å². The van der Waals surface area contributed by atoms with Crippen molar-refractivity contribution >= 4 is 22.8 Å². The molecule has 0 saturated carbocycles. The molecule has 4 nitrogen and oxygen atoms in total. The average molecular weight is 252 g/mol. The first-order valence-electron chi connectivity index (χ1n) is 5.49. The van der Waals surface area contributed by atoms with Crippen LogP contribution in [0, 0.1) is 0 Å². The third-order valence-corrected chi connectivity index (χ3v) is 4.04. The number of fused-ring (bicyclic) bond motifs is 1. The van der Waals surface area contributed by atoms with Crippen LogP contribution in [-0.4, -0.2) is 52.4 Å². The smallest absolute Gasteiger partial charge is 0.325 e. The molecule has 92 valence electrons.